The van der Waals surface area contributed by atoms with Crippen molar-refractivity contribution in [2.24, 2.45) is 5.92 Å². The molecule has 1 amide bonds. The summed E-state index contributed by atoms with van der Waals surface area (Å²) in [4.78, 5) is 11.9. The number of benzene rings is 1. The molecule has 5 nitrogen and oxygen atoms in total. The Morgan fingerprint density at radius 2 is 1.81 bits per heavy atom. The van der Waals surface area contributed by atoms with E-state index in [2.05, 4.69) is 17.0 Å². The van der Waals surface area contributed by atoms with Crippen LogP contribution >= 0.6 is 0 Å². The normalized spacial score (nSPS) is 21.4. The van der Waals surface area contributed by atoms with Gasteiger partial charge in [0.1, 0.15) is 11.6 Å². The number of rotatable bonds is 5. The molecule has 1 aliphatic rings. The summed E-state index contributed by atoms with van der Waals surface area (Å²) in [5.41, 5.74) is -1.86. The number of alkyl halides is 3. The smallest absolute Gasteiger partial charge is 0.325 e. The fourth-order valence-electron chi connectivity index (χ4n) is 2.86. The fourth-order valence-corrected chi connectivity index (χ4v) is 4.11. The quantitative estimate of drug-likeness (QED) is 0.750. The minimum atomic E-state index is -4.92. The average Bonchev–Trinajstić information content (AvgIpc) is 2.49. The lowest BCUT2D eigenvalue weighted by Crippen LogP contribution is -2.41. The third-order valence-corrected chi connectivity index (χ3v) is 5.57. The summed E-state index contributed by atoms with van der Waals surface area (Å²) in [5, 5.41) is 2.06. The van der Waals surface area contributed by atoms with Crippen LogP contribution in [0.25, 0.3) is 0 Å². The zero-order valence-electron chi connectivity index (χ0n) is 14.1. The molecule has 0 bridgehead atoms. The molecule has 146 valence electrons. The zero-order chi connectivity index (χ0) is 19.5. The van der Waals surface area contributed by atoms with Crippen LogP contribution in [0.3, 0.4) is 0 Å². The van der Waals surface area contributed by atoms with E-state index in [4.69, 9.17) is 0 Å². The van der Waals surface area contributed by atoms with Crippen LogP contribution in [-0.4, -0.2) is 26.1 Å². The molecule has 0 atom stereocenters. The summed E-state index contributed by atoms with van der Waals surface area (Å²) in [6.07, 6.45) is -1.80. The van der Waals surface area contributed by atoms with Crippen LogP contribution in [-0.2, 0) is 21.0 Å². The van der Waals surface area contributed by atoms with Crippen LogP contribution in [0.1, 0.15) is 38.2 Å². The van der Waals surface area contributed by atoms with Gasteiger partial charge >= 0.3 is 6.18 Å². The molecule has 0 unspecified atom stereocenters. The predicted molar refractivity (Wildman–Crippen MR) is 88.4 cm³/mol. The molecule has 10 heteroatoms. The molecule has 0 radical (unpaired) electrons. The lowest BCUT2D eigenvalue weighted by molar-refractivity contribution is -0.140. The minimum Gasteiger partial charge on any atom is -0.325 e. The summed E-state index contributed by atoms with van der Waals surface area (Å²) in [6.45, 7) is 2.08. The average molecular weight is 396 g/mol. The van der Waals surface area contributed by atoms with Crippen molar-refractivity contribution >= 4 is 21.6 Å². The van der Waals surface area contributed by atoms with Crippen LogP contribution in [0, 0.1) is 11.7 Å². The van der Waals surface area contributed by atoms with E-state index in [1.165, 1.54) is 0 Å². The van der Waals surface area contributed by atoms with Gasteiger partial charge in [0.05, 0.1) is 5.56 Å². The van der Waals surface area contributed by atoms with Crippen LogP contribution in [0.15, 0.2) is 18.2 Å². The lowest BCUT2D eigenvalue weighted by Gasteiger charge is -2.26. The van der Waals surface area contributed by atoms with Crippen molar-refractivity contribution in [3.8, 4) is 0 Å². The van der Waals surface area contributed by atoms with Gasteiger partial charge < -0.3 is 5.32 Å². The molecular formula is C16H20F4N2O3S. The van der Waals surface area contributed by atoms with E-state index in [1.807, 2.05) is 0 Å². The Bertz CT molecular complexity index is 757. The molecule has 1 aromatic carbocycles. The van der Waals surface area contributed by atoms with E-state index >= 15 is 0 Å². The third kappa shape index (κ3) is 5.94. The summed E-state index contributed by atoms with van der Waals surface area (Å²) in [5.74, 6) is -2.87. The Morgan fingerprint density at radius 3 is 2.38 bits per heavy atom. The predicted octanol–water partition coefficient (Wildman–Crippen LogP) is 3.28. The fraction of sp³-hybridized carbons (Fsp3) is 0.562. The van der Waals surface area contributed by atoms with Crippen molar-refractivity contribution in [2.75, 3.05) is 11.1 Å². The van der Waals surface area contributed by atoms with Crippen molar-refractivity contribution in [2.45, 2.75) is 44.8 Å². The molecule has 0 spiro atoms. The van der Waals surface area contributed by atoms with Crippen LogP contribution < -0.4 is 10.0 Å². The minimum absolute atomic E-state index is 0.244. The summed E-state index contributed by atoms with van der Waals surface area (Å²) in [7, 11) is -3.92. The Morgan fingerprint density at radius 1 is 1.19 bits per heavy atom. The van der Waals surface area contributed by atoms with Crippen LogP contribution in [0.4, 0.5) is 23.2 Å². The van der Waals surface area contributed by atoms with Gasteiger partial charge in [-0.15, -0.1) is 0 Å². The van der Waals surface area contributed by atoms with Crippen LogP contribution in [0.5, 0.6) is 0 Å². The van der Waals surface area contributed by atoms with Gasteiger partial charge in [-0.2, -0.15) is 13.2 Å². The van der Waals surface area contributed by atoms with Gasteiger partial charge in [-0.1, -0.05) is 6.92 Å². The van der Waals surface area contributed by atoms with Crippen LogP contribution in [0.2, 0.25) is 0 Å². The highest BCUT2D eigenvalue weighted by atomic mass is 32.2. The second-order valence-electron chi connectivity index (χ2n) is 6.57. The second kappa shape index (κ2) is 7.91. The molecule has 1 aromatic rings. The largest absolute Gasteiger partial charge is 0.419 e. The number of hydrogen-bond acceptors (Lipinski definition) is 3. The standard InChI is InChI=1S/C16H20F4N2O3S/c1-10-2-4-11(5-3-10)22-26(24,25)9-15(23)21-12-6-7-14(17)13(8-12)16(18,19)20/h6-8,10-11,22H,2-5,9H2,1H3,(H,21,23). The summed E-state index contributed by atoms with van der Waals surface area (Å²) < 4.78 is 77.8. The van der Waals surface area contributed by atoms with E-state index in [0.717, 1.165) is 18.9 Å². The highest BCUT2D eigenvalue weighted by Crippen LogP contribution is 2.33. The maximum Gasteiger partial charge on any atom is 0.419 e. The molecule has 0 aromatic heterocycles. The van der Waals surface area contributed by atoms with Gasteiger partial charge in [-0.05, 0) is 49.8 Å². The lowest BCUT2D eigenvalue weighted by atomic mass is 9.88. The van der Waals surface area contributed by atoms with E-state index in [1.54, 1.807) is 0 Å². The molecule has 26 heavy (non-hydrogen) atoms. The van der Waals surface area contributed by atoms with Crippen molar-refractivity contribution < 1.29 is 30.8 Å². The number of anilines is 1. The molecule has 1 saturated carbocycles. The van der Waals surface area contributed by atoms with Crippen molar-refractivity contribution in [1.82, 2.24) is 4.72 Å². The third-order valence-electron chi connectivity index (χ3n) is 4.24. The Balaban J connectivity index is 1.97. The van der Waals surface area contributed by atoms with Gasteiger partial charge in [-0.3, -0.25) is 4.79 Å². The Hall–Kier alpha value is -1.68. The van der Waals surface area contributed by atoms with Crippen molar-refractivity contribution in [3.05, 3.63) is 29.6 Å². The monoisotopic (exact) mass is 396 g/mol. The van der Waals surface area contributed by atoms with Crippen molar-refractivity contribution in [3.63, 3.8) is 0 Å². The molecule has 1 fully saturated rings. The van der Waals surface area contributed by atoms with E-state index in [0.29, 0.717) is 30.9 Å². The second-order valence-corrected chi connectivity index (χ2v) is 8.33. The van der Waals surface area contributed by atoms with E-state index in [9.17, 15) is 30.8 Å². The first-order chi connectivity index (χ1) is 12.0. The first kappa shape index (κ1) is 20.6. The maximum absolute atomic E-state index is 13.2. The van der Waals surface area contributed by atoms with Gasteiger partial charge in [0.25, 0.3) is 0 Å². The molecule has 1 aliphatic carbocycles. The molecule has 2 N–H and O–H groups in total. The van der Waals surface area contributed by atoms with Gasteiger partial charge in [0.2, 0.25) is 15.9 Å². The number of carbonyl (C=O) groups excluding carboxylic acids is 1. The summed E-state index contributed by atoms with van der Waals surface area (Å²) in [6, 6.07) is 1.68. The first-order valence-electron chi connectivity index (χ1n) is 8.13. The van der Waals surface area contributed by atoms with E-state index < -0.39 is 39.2 Å². The van der Waals surface area contributed by atoms with E-state index in [-0.39, 0.29) is 11.7 Å². The topological polar surface area (TPSA) is 75.3 Å². The zero-order valence-corrected chi connectivity index (χ0v) is 14.9. The first-order valence-corrected chi connectivity index (χ1v) is 9.78. The number of sulfonamides is 1. The number of carbonyl (C=O) groups is 1. The molecular weight excluding hydrogens is 376 g/mol. The number of amides is 1. The highest BCUT2D eigenvalue weighted by Gasteiger charge is 2.34. The SMILES string of the molecule is CC1CCC(NS(=O)(=O)CC(=O)Nc2ccc(F)c(C(F)(F)F)c2)CC1. The maximum atomic E-state index is 13.2. The van der Waals surface area contributed by atoms with Gasteiger partial charge in [-0.25, -0.2) is 17.5 Å². The van der Waals surface area contributed by atoms with Gasteiger partial charge in [0, 0.05) is 11.7 Å². The van der Waals surface area contributed by atoms with Gasteiger partial charge in [0.15, 0.2) is 0 Å². The Labute approximate surface area is 149 Å². The number of halogens is 4. The molecule has 0 saturated heterocycles. The molecule has 2 rings (SSSR count). The Kier molecular flexibility index (Phi) is 6.28. The molecule has 0 heterocycles. The summed E-state index contributed by atoms with van der Waals surface area (Å²) >= 11 is 0. The number of hydrogen-bond donors (Lipinski definition) is 2. The number of nitrogens with one attached hydrogen (secondary N) is 2. The van der Waals surface area contributed by atoms with Crippen molar-refractivity contribution in [1.29, 1.82) is 0 Å². The molecule has 0 aliphatic heterocycles. The highest BCUT2D eigenvalue weighted by molar-refractivity contribution is 7.90.